The lowest BCUT2D eigenvalue weighted by Gasteiger charge is -2.19. The van der Waals surface area contributed by atoms with Crippen LogP contribution in [0.2, 0.25) is 0 Å². The molecule has 0 saturated heterocycles. The number of hydrogen-bond acceptors (Lipinski definition) is 5. The molecule has 0 saturated carbocycles. The van der Waals surface area contributed by atoms with Gasteiger partial charge in [0.1, 0.15) is 5.60 Å². The number of rotatable bonds is 4. The fourth-order valence-corrected chi connectivity index (χ4v) is 0.808. The molecule has 0 fully saturated rings. The molecular weight excluding hydrogens is 214 g/mol. The Morgan fingerprint density at radius 2 is 1.75 bits per heavy atom. The van der Waals surface area contributed by atoms with Crippen molar-refractivity contribution in [1.82, 2.24) is 5.32 Å². The van der Waals surface area contributed by atoms with E-state index < -0.39 is 23.4 Å². The van der Waals surface area contributed by atoms with E-state index in [-0.39, 0.29) is 13.0 Å². The van der Waals surface area contributed by atoms with Crippen LogP contribution in [0, 0.1) is 0 Å². The summed E-state index contributed by atoms with van der Waals surface area (Å²) in [6.45, 7) is 5.23. The minimum Gasteiger partial charge on any atom is -0.463 e. The van der Waals surface area contributed by atoms with Gasteiger partial charge in [0.25, 0.3) is 0 Å². The highest BCUT2D eigenvalue weighted by Crippen LogP contribution is 2.06. The third kappa shape index (κ3) is 6.80. The molecule has 0 atom stereocenters. The fraction of sp³-hybridized carbons (Fsp3) is 0.700. The Bertz CT molecular complexity index is 279. The topological polar surface area (TPSA) is 81.7 Å². The Kier molecular flexibility index (Phi) is 5.49. The standard InChI is InChI=1S/C10H17NO5/c1-10(2,3)16-9(14)11-6-5-7(12)8(13)15-4/h5-6H2,1-4H3,(H,11,14). The zero-order valence-corrected chi connectivity index (χ0v) is 9.96. The largest absolute Gasteiger partial charge is 0.463 e. The summed E-state index contributed by atoms with van der Waals surface area (Å²) >= 11 is 0. The number of nitrogens with one attached hydrogen (secondary N) is 1. The van der Waals surface area contributed by atoms with E-state index in [9.17, 15) is 14.4 Å². The van der Waals surface area contributed by atoms with E-state index >= 15 is 0 Å². The highest BCUT2D eigenvalue weighted by Gasteiger charge is 2.17. The molecule has 0 unspecified atom stereocenters. The maximum absolute atomic E-state index is 11.1. The molecule has 6 nitrogen and oxygen atoms in total. The molecule has 0 heterocycles. The van der Waals surface area contributed by atoms with Crippen LogP contribution in [0.15, 0.2) is 0 Å². The quantitative estimate of drug-likeness (QED) is 0.567. The van der Waals surface area contributed by atoms with Gasteiger partial charge in [-0.05, 0) is 20.8 Å². The molecule has 92 valence electrons. The molecule has 0 aromatic heterocycles. The van der Waals surface area contributed by atoms with E-state index in [1.54, 1.807) is 20.8 Å². The maximum atomic E-state index is 11.1. The van der Waals surface area contributed by atoms with E-state index in [4.69, 9.17) is 4.74 Å². The molecule has 6 heteroatoms. The smallest absolute Gasteiger partial charge is 0.407 e. The van der Waals surface area contributed by atoms with Gasteiger partial charge in [0, 0.05) is 13.0 Å². The summed E-state index contributed by atoms with van der Waals surface area (Å²) in [5, 5.41) is 2.36. The van der Waals surface area contributed by atoms with Crippen molar-refractivity contribution in [3.63, 3.8) is 0 Å². The van der Waals surface area contributed by atoms with Gasteiger partial charge < -0.3 is 14.8 Å². The first kappa shape index (κ1) is 14.4. The average Bonchev–Trinajstić information content (AvgIpc) is 2.13. The number of Topliss-reactive ketones (excluding diaryl/α,β-unsaturated/α-hetero) is 1. The van der Waals surface area contributed by atoms with Crippen LogP contribution >= 0.6 is 0 Å². The van der Waals surface area contributed by atoms with Crippen LogP contribution in [0.5, 0.6) is 0 Å². The van der Waals surface area contributed by atoms with Gasteiger partial charge in [-0.15, -0.1) is 0 Å². The van der Waals surface area contributed by atoms with E-state index in [1.807, 2.05) is 0 Å². The number of carbonyl (C=O) groups is 3. The van der Waals surface area contributed by atoms with Gasteiger partial charge in [-0.3, -0.25) is 4.79 Å². The van der Waals surface area contributed by atoms with Crippen molar-refractivity contribution in [2.24, 2.45) is 0 Å². The summed E-state index contributed by atoms with van der Waals surface area (Å²) in [7, 11) is 1.13. The van der Waals surface area contributed by atoms with Crippen LogP contribution < -0.4 is 5.32 Å². The van der Waals surface area contributed by atoms with Crippen molar-refractivity contribution in [3.8, 4) is 0 Å². The van der Waals surface area contributed by atoms with Gasteiger partial charge in [-0.25, -0.2) is 9.59 Å². The number of esters is 1. The number of alkyl carbamates (subject to hydrolysis) is 1. The fourth-order valence-electron chi connectivity index (χ4n) is 0.808. The number of carbonyl (C=O) groups excluding carboxylic acids is 3. The monoisotopic (exact) mass is 231 g/mol. The second kappa shape index (κ2) is 6.09. The molecular formula is C10H17NO5. The molecule has 1 N–H and O–H groups in total. The Hall–Kier alpha value is -1.59. The van der Waals surface area contributed by atoms with E-state index in [0.29, 0.717) is 0 Å². The van der Waals surface area contributed by atoms with Crippen LogP contribution in [-0.2, 0) is 19.1 Å². The van der Waals surface area contributed by atoms with Crippen molar-refractivity contribution in [1.29, 1.82) is 0 Å². The predicted octanol–water partition coefficient (Wildman–Crippen LogP) is 0.643. The molecule has 0 aliphatic rings. The Balaban J connectivity index is 3.79. The van der Waals surface area contributed by atoms with Crippen molar-refractivity contribution in [2.75, 3.05) is 13.7 Å². The Morgan fingerprint density at radius 3 is 2.19 bits per heavy atom. The summed E-state index contributed by atoms with van der Waals surface area (Å²) in [5.41, 5.74) is -0.587. The SMILES string of the molecule is COC(=O)C(=O)CCNC(=O)OC(C)(C)C. The summed E-state index contributed by atoms with van der Waals surface area (Å²) in [6.07, 6.45) is -0.725. The first-order chi connectivity index (χ1) is 7.26. The van der Waals surface area contributed by atoms with Crippen molar-refractivity contribution < 1.29 is 23.9 Å². The molecule has 0 aromatic carbocycles. The normalized spacial score (nSPS) is 10.5. The van der Waals surface area contributed by atoms with Crippen molar-refractivity contribution >= 4 is 17.8 Å². The third-order valence-corrected chi connectivity index (χ3v) is 1.43. The van der Waals surface area contributed by atoms with Crippen LogP contribution in [0.25, 0.3) is 0 Å². The number of ketones is 1. The van der Waals surface area contributed by atoms with Crippen LogP contribution in [0.4, 0.5) is 4.79 Å². The van der Waals surface area contributed by atoms with Crippen molar-refractivity contribution in [2.45, 2.75) is 32.8 Å². The number of ether oxygens (including phenoxy) is 2. The molecule has 0 aliphatic heterocycles. The number of hydrogen-bond donors (Lipinski definition) is 1. The summed E-state index contributed by atoms with van der Waals surface area (Å²) < 4.78 is 9.15. The molecule has 0 aromatic rings. The first-order valence-electron chi connectivity index (χ1n) is 4.84. The first-order valence-corrected chi connectivity index (χ1v) is 4.84. The minimum absolute atomic E-state index is 0.0445. The second-order valence-electron chi connectivity index (χ2n) is 4.09. The van der Waals surface area contributed by atoms with E-state index in [2.05, 4.69) is 10.1 Å². The zero-order chi connectivity index (χ0) is 12.8. The van der Waals surface area contributed by atoms with Gasteiger partial charge in [0.05, 0.1) is 7.11 Å². The molecule has 0 rings (SSSR count). The van der Waals surface area contributed by atoms with Gasteiger partial charge >= 0.3 is 12.1 Å². The molecule has 0 radical (unpaired) electrons. The van der Waals surface area contributed by atoms with E-state index in [0.717, 1.165) is 7.11 Å². The van der Waals surface area contributed by atoms with Crippen LogP contribution in [0.3, 0.4) is 0 Å². The van der Waals surface area contributed by atoms with Crippen LogP contribution in [-0.4, -0.2) is 37.1 Å². The summed E-state index contributed by atoms with van der Waals surface area (Å²) in [4.78, 5) is 32.8. The number of methoxy groups -OCH3 is 1. The maximum Gasteiger partial charge on any atom is 0.407 e. The van der Waals surface area contributed by atoms with Crippen LogP contribution in [0.1, 0.15) is 27.2 Å². The predicted molar refractivity (Wildman–Crippen MR) is 55.9 cm³/mol. The lowest BCUT2D eigenvalue weighted by molar-refractivity contribution is -0.151. The highest BCUT2D eigenvalue weighted by atomic mass is 16.6. The molecule has 0 bridgehead atoms. The number of amides is 1. The van der Waals surface area contributed by atoms with Gasteiger partial charge in [0.15, 0.2) is 0 Å². The zero-order valence-electron chi connectivity index (χ0n) is 9.96. The molecule has 0 aliphatic carbocycles. The van der Waals surface area contributed by atoms with Gasteiger partial charge in [0.2, 0.25) is 5.78 Å². The molecule has 1 amide bonds. The highest BCUT2D eigenvalue weighted by molar-refractivity contribution is 6.33. The lowest BCUT2D eigenvalue weighted by atomic mass is 10.2. The summed E-state index contributed by atoms with van der Waals surface area (Å²) in [5.74, 6) is -1.59. The molecule has 16 heavy (non-hydrogen) atoms. The van der Waals surface area contributed by atoms with E-state index in [1.165, 1.54) is 0 Å². The second-order valence-corrected chi connectivity index (χ2v) is 4.09. The lowest BCUT2D eigenvalue weighted by Crippen LogP contribution is -2.34. The Morgan fingerprint density at radius 1 is 1.19 bits per heavy atom. The average molecular weight is 231 g/mol. The van der Waals surface area contributed by atoms with Gasteiger partial charge in [-0.1, -0.05) is 0 Å². The van der Waals surface area contributed by atoms with Crippen molar-refractivity contribution in [3.05, 3.63) is 0 Å². The Labute approximate surface area is 94.3 Å². The van der Waals surface area contributed by atoms with Gasteiger partial charge in [-0.2, -0.15) is 0 Å². The minimum atomic E-state index is -0.911. The molecule has 0 spiro atoms. The third-order valence-electron chi connectivity index (χ3n) is 1.43. The summed E-state index contributed by atoms with van der Waals surface area (Å²) in [6, 6.07) is 0.